The summed E-state index contributed by atoms with van der Waals surface area (Å²) in [6.45, 7) is 1.70. The van der Waals surface area contributed by atoms with E-state index in [0.29, 0.717) is 0 Å². The Hall–Kier alpha value is -0.850. The van der Waals surface area contributed by atoms with Crippen LogP contribution in [0, 0.1) is 11.8 Å². The van der Waals surface area contributed by atoms with Gasteiger partial charge in [0.1, 0.15) is 0 Å². The van der Waals surface area contributed by atoms with E-state index in [2.05, 4.69) is 16.8 Å². The molecule has 0 radical (unpaired) electrons. The molecule has 0 aromatic carbocycles. The predicted molar refractivity (Wildman–Crippen MR) is 40.5 cm³/mol. The largest absolute Gasteiger partial charge is 0.375 e. The van der Waals surface area contributed by atoms with Gasteiger partial charge in [-0.05, 0) is 6.92 Å². The molecular weight excluding hydrogens is 146 g/mol. The van der Waals surface area contributed by atoms with Crippen LogP contribution in [0.25, 0.3) is 0 Å². The number of aliphatic hydroxyl groups is 1. The fourth-order valence-corrected chi connectivity index (χ4v) is 1.12. The first-order valence-corrected chi connectivity index (χ1v) is 3.71. The molecule has 0 spiro atoms. The average molecular weight is 153 g/mol. The van der Waals surface area contributed by atoms with Gasteiger partial charge in [0, 0.05) is 6.20 Å². The molecule has 1 rings (SSSR count). The van der Waals surface area contributed by atoms with Crippen molar-refractivity contribution < 1.29 is 5.11 Å². The highest BCUT2D eigenvalue weighted by Gasteiger charge is 2.02. The van der Waals surface area contributed by atoms with Crippen LogP contribution in [0.2, 0.25) is 0 Å². The Morgan fingerprint density at radius 1 is 1.80 bits per heavy atom. The van der Waals surface area contributed by atoms with Crippen LogP contribution >= 0.6 is 11.3 Å². The van der Waals surface area contributed by atoms with Gasteiger partial charge in [-0.2, -0.15) is 0 Å². The fourth-order valence-electron chi connectivity index (χ4n) is 0.569. The van der Waals surface area contributed by atoms with E-state index in [1.165, 1.54) is 11.3 Å². The van der Waals surface area contributed by atoms with Crippen LogP contribution in [0.1, 0.15) is 17.9 Å². The van der Waals surface area contributed by atoms with E-state index < -0.39 is 6.10 Å². The normalized spacial score (nSPS) is 11.8. The minimum Gasteiger partial charge on any atom is -0.375 e. The summed E-state index contributed by atoms with van der Waals surface area (Å²) in [5.74, 6) is 5.26. The molecule has 0 aliphatic rings. The number of hydrogen-bond donors (Lipinski definition) is 1. The highest BCUT2D eigenvalue weighted by molar-refractivity contribution is 7.09. The summed E-state index contributed by atoms with van der Waals surface area (Å²) >= 11 is 1.41. The lowest BCUT2D eigenvalue weighted by molar-refractivity contribution is 0.242. The fraction of sp³-hybridized carbons (Fsp3) is 0.286. The molecule has 1 atom stereocenters. The summed E-state index contributed by atoms with van der Waals surface area (Å²) in [7, 11) is 0. The molecule has 1 unspecified atom stereocenters. The van der Waals surface area contributed by atoms with Gasteiger partial charge >= 0.3 is 0 Å². The van der Waals surface area contributed by atoms with Crippen LogP contribution in [0.5, 0.6) is 0 Å². The molecule has 0 saturated carbocycles. The number of nitrogens with zero attached hydrogens (tertiary/aromatic N) is 1. The molecule has 0 fully saturated rings. The van der Waals surface area contributed by atoms with E-state index in [1.54, 1.807) is 18.6 Å². The zero-order valence-electron chi connectivity index (χ0n) is 5.53. The van der Waals surface area contributed by atoms with Gasteiger partial charge in [-0.3, -0.25) is 4.98 Å². The summed E-state index contributed by atoms with van der Waals surface area (Å²) in [5, 5.41) is 9.21. The molecular formula is C7H7NOS. The lowest BCUT2D eigenvalue weighted by atomic mass is 10.3. The molecule has 0 saturated heterocycles. The van der Waals surface area contributed by atoms with Crippen LogP contribution in [0.15, 0.2) is 11.7 Å². The smallest absolute Gasteiger partial charge is 0.150 e. The third-order valence-electron chi connectivity index (χ3n) is 1.00. The summed E-state index contributed by atoms with van der Waals surface area (Å²) in [6.07, 6.45) is 0.970. The molecule has 2 nitrogen and oxygen atoms in total. The van der Waals surface area contributed by atoms with E-state index in [4.69, 9.17) is 0 Å². The monoisotopic (exact) mass is 153 g/mol. The van der Waals surface area contributed by atoms with Gasteiger partial charge in [0.15, 0.2) is 6.10 Å². The van der Waals surface area contributed by atoms with Crippen LogP contribution in [-0.4, -0.2) is 10.1 Å². The van der Waals surface area contributed by atoms with Crippen LogP contribution in [0.4, 0.5) is 0 Å². The molecule has 3 heteroatoms. The van der Waals surface area contributed by atoms with Crippen molar-refractivity contribution in [1.82, 2.24) is 4.98 Å². The summed E-state index contributed by atoms with van der Waals surface area (Å²) in [6, 6.07) is 0. The number of rotatable bonds is 1. The van der Waals surface area contributed by atoms with Crippen molar-refractivity contribution in [3.05, 3.63) is 16.6 Å². The quantitative estimate of drug-likeness (QED) is 0.615. The molecule has 0 aliphatic heterocycles. The second-order valence-corrected chi connectivity index (χ2v) is 2.62. The molecule has 10 heavy (non-hydrogen) atoms. The zero-order chi connectivity index (χ0) is 7.40. The van der Waals surface area contributed by atoms with E-state index in [-0.39, 0.29) is 0 Å². The Morgan fingerprint density at radius 3 is 3.10 bits per heavy atom. The SMILES string of the molecule is CC#CC(O)c1cncs1. The maximum Gasteiger partial charge on any atom is 0.150 e. The predicted octanol–water partition coefficient (Wildman–Crippen LogP) is 1.20. The van der Waals surface area contributed by atoms with E-state index in [1.807, 2.05) is 0 Å². The molecule has 0 amide bonds. The molecule has 52 valence electrons. The summed E-state index contributed by atoms with van der Waals surface area (Å²) in [5.41, 5.74) is 1.68. The van der Waals surface area contributed by atoms with E-state index >= 15 is 0 Å². The molecule has 1 heterocycles. The Morgan fingerprint density at radius 2 is 2.60 bits per heavy atom. The highest BCUT2D eigenvalue weighted by atomic mass is 32.1. The van der Waals surface area contributed by atoms with Crippen LogP contribution in [0.3, 0.4) is 0 Å². The zero-order valence-corrected chi connectivity index (χ0v) is 6.35. The van der Waals surface area contributed by atoms with Gasteiger partial charge in [0.25, 0.3) is 0 Å². The van der Waals surface area contributed by atoms with Crippen molar-refractivity contribution in [2.75, 3.05) is 0 Å². The summed E-state index contributed by atoms with van der Waals surface area (Å²) in [4.78, 5) is 4.62. The second-order valence-electron chi connectivity index (χ2n) is 1.70. The van der Waals surface area contributed by atoms with Crippen molar-refractivity contribution in [1.29, 1.82) is 0 Å². The van der Waals surface area contributed by atoms with Crippen LogP contribution < -0.4 is 0 Å². The Kier molecular flexibility index (Phi) is 2.43. The molecule has 1 N–H and O–H groups in total. The Balaban J connectivity index is 2.74. The first-order valence-electron chi connectivity index (χ1n) is 2.83. The topological polar surface area (TPSA) is 33.1 Å². The van der Waals surface area contributed by atoms with Gasteiger partial charge in [0.05, 0.1) is 10.4 Å². The molecule has 1 aromatic heterocycles. The molecule has 0 aliphatic carbocycles. The highest BCUT2D eigenvalue weighted by Crippen LogP contribution is 2.15. The lowest BCUT2D eigenvalue weighted by Gasteiger charge is -1.94. The Labute approximate surface area is 63.5 Å². The van der Waals surface area contributed by atoms with Crippen LogP contribution in [-0.2, 0) is 0 Å². The first kappa shape index (κ1) is 7.26. The van der Waals surface area contributed by atoms with E-state index in [9.17, 15) is 5.11 Å². The van der Waals surface area contributed by atoms with Gasteiger partial charge < -0.3 is 5.11 Å². The minimum absolute atomic E-state index is 0.655. The Bertz CT molecular complexity index is 244. The third-order valence-corrected chi connectivity index (χ3v) is 1.83. The van der Waals surface area contributed by atoms with Gasteiger partial charge in [0.2, 0.25) is 0 Å². The van der Waals surface area contributed by atoms with Gasteiger partial charge in [-0.15, -0.1) is 17.3 Å². The summed E-state index contributed by atoms with van der Waals surface area (Å²) < 4.78 is 0. The second kappa shape index (κ2) is 3.35. The first-order chi connectivity index (χ1) is 4.84. The van der Waals surface area contributed by atoms with Crippen molar-refractivity contribution in [3.8, 4) is 11.8 Å². The maximum atomic E-state index is 9.21. The van der Waals surface area contributed by atoms with Crippen molar-refractivity contribution in [2.24, 2.45) is 0 Å². The van der Waals surface area contributed by atoms with Gasteiger partial charge in [-0.1, -0.05) is 5.92 Å². The maximum absolute atomic E-state index is 9.21. The van der Waals surface area contributed by atoms with Crippen molar-refractivity contribution >= 4 is 11.3 Å². The third kappa shape index (κ3) is 1.56. The number of aromatic nitrogens is 1. The average Bonchev–Trinajstić information content (AvgIpc) is 2.38. The minimum atomic E-state index is -0.655. The number of thiazole rings is 1. The molecule has 0 bridgehead atoms. The van der Waals surface area contributed by atoms with Crippen molar-refractivity contribution in [3.63, 3.8) is 0 Å². The number of hydrogen-bond acceptors (Lipinski definition) is 3. The number of aliphatic hydroxyl groups excluding tert-OH is 1. The lowest BCUT2D eigenvalue weighted by Crippen LogP contribution is -1.87. The van der Waals surface area contributed by atoms with Crippen molar-refractivity contribution in [2.45, 2.75) is 13.0 Å². The van der Waals surface area contributed by atoms with Gasteiger partial charge in [-0.25, -0.2) is 0 Å². The standard InChI is InChI=1S/C7H7NOS/c1-2-3-6(9)7-4-8-5-10-7/h4-6,9H,1H3. The molecule has 1 aromatic rings. The van der Waals surface area contributed by atoms with E-state index in [0.717, 1.165) is 4.88 Å².